The molecule has 0 saturated heterocycles. The van der Waals surface area contributed by atoms with Gasteiger partial charge in [-0.15, -0.1) is 0 Å². The van der Waals surface area contributed by atoms with Crippen molar-refractivity contribution in [2.75, 3.05) is 0 Å². The van der Waals surface area contributed by atoms with Crippen LogP contribution in [0.5, 0.6) is 5.75 Å². The van der Waals surface area contributed by atoms with E-state index in [1.54, 1.807) is 39.8 Å². The third-order valence-electron chi connectivity index (χ3n) is 3.96. The number of fused-ring (bicyclic) bond motifs is 1. The average Bonchev–Trinajstić information content (AvgIpc) is 2.54. The summed E-state index contributed by atoms with van der Waals surface area (Å²) in [4.78, 5) is 25.6. The maximum Gasteiger partial charge on any atom is 0.321 e. The molecule has 0 aliphatic carbocycles. The minimum absolute atomic E-state index is 0.000452. The molecule has 1 atom stereocenters. The van der Waals surface area contributed by atoms with Crippen LogP contribution in [0.15, 0.2) is 29.7 Å². The van der Waals surface area contributed by atoms with E-state index in [0.29, 0.717) is 11.3 Å². The Morgan fingerprint density at radius 2 is 1.70 bits per heavy atom. The number of esters is 2. The molecule has 1 aromatic carbocycles. The first-order chi connectivity index (χ1) is 12.6. The van der Waals surface area contributed by atoms with Gasteiger partial charge in [-0.05, 0) is 40.7 Å². The number of aryl methyl sites for hydroxylation is 1. The van der Waals surface area contributed by atoms with Crippen LogP contribution in [-0.2, 0) is 19.1 Å². The van der Waals surface area contributed by atoms with E-state index in [0.717, 1.165) is 5.56 Å². The van der Waals surface area contributed by atoms with Crippen molar-refractivity contribution in [1.82, 2.24) is 0 Å². The molecule has 27 heavy (non-hydrogen) atoms. The maximum absolute atomic E-state index is 12.8. The van der Waals surface area contributed by atoms with E-state index in [2.05, 4.69) is 0 Å². The Hall–Kier alpha value is -3.01. The highest BCUT2D eigenvalue weighted by Crippen LogP contribution is 2.43. The van der Waals surface area contributed by atoms with Gasteiger partial charge in [0.25, 0.3) is 0 Å². The van der Waals surface area contributed by atoms with Crippen molar-refractivity contribution in [2.45, 2.75) is 52.7 Å². The van der Waals surface area contributed by atoms with Crippen LogP contribution in [0.25, 0.3) is 0 Å². The second-order valence-electron chi connectivity index (χ2n) is 6.96. The van der Waals surface area contributed by atoms with Crippen LogP contribution in [0.1, 0.15) is 44.7 Å². The van der Waals surface area contributed by atoms with Crippen LogP contribution in [0.2, 0.25) is 0 Å². The number of rotatable bonds is 5. The van der Waals surface area contributed by atoms with Crippen molar-refractivity contribution in [3.05, 3.63) is 40.8 Å². The zero-order chi connectivity index (χ0) is 20.3. The van der Waals surface area contributed by atoms with Crippen molar-refractivity contribution in [3.63, 3.8) is 0 Å². The summed E-state index contributed by atoms with van der Waals surface area (Å²) in [6, 6.07) is 7.25. The first-order valence-electron chi connectivity index (χ1n) is 8.74. The molecule has 0 radical (unpaired) electrons. The van der Waals surface area contributed by atoms with E-state index in [4.69, 9.17) is 19.9 Å². The number of benzene rings is 1. The average molecular weight is 372 g/mol. The van der Waals surface area contributed by atoms with Crippen molar-refractivity contribution >= 4 is 11.9 Å². The third-order valence-corrected chi connectivity index (χ3v) is 3.96. The zero-order valence-corrected chi connectivity index (χ0v) is 16.1. The number of carbonyl (C=O) groups excluding carboxylic acids is 2. The summed E-state index contributed by atoms with van der Waals surface area (Å²) in [7, 11) is 0. The smallest absolute Gasteiger partial charge is 0.321 e. The highest BCUT2D eigenvalue weighted by atomic mass is 16.6. The summed E-state index contributed by atoms with van der Waals surface area (Å²) < 4.78 is 16.1. The molecule has 7 heteroatoms. The third kappa shape index (κ3) is 4.40. The number of ether oxygens (including phenoxy) is 3. The first-order valence-corrected chi connectivity index (χ1v) is 8.74. The maximum atomic E-state index is 12.8. The standard InChI is InChI=1S/C20H24N2O5/c1-10(2)25-19(23)17(20(24)26-11(3)4)16-13-8-12(5)6-7-15(13)27-18(22)14(16)9-21/h6-8,10-11,16-17H,22H2,1-5H3/t16-/m1/s1. The first kappa shape index (κ1) is 20.3. The summed E-state index contributed by atoms with van der Waals surface area (Å²) in [5.41, 5.74) is 7.31. The van der Waals surface area contributed by atoms with E-state index in [1.165, 1.54) is 0 Å². The molecule has 1 heterocycles. The van der Waals surface area contributed by atoms with Crippen LogP contribution in [-0.4, -0.2) is 24.1 Å². The fourth-order valence-corrected chi connectivity index (χ4v) is 2.94. The topological polar surface area (TPSA) is 112 Å². The van der Waals surface area contributed by atoms with Crippen molar-refractivity contribution in [3.8, 4) is 11.8 Å². The molecule has 2 N–H and O–H groups in total. The molecule has 0 spiro atoms. The predicted octanol–water partition coefficient (Wildman–Crippen LogP) is 2.68. The molecule has 2 rings (SSSR count). The molecule has 0 aromatic heterocycles. The minimum Gasteiger partial charge on any atom is -0.462 e. The van der Waals surface area contributed by atoms with Gasteiger partial charge < -0.3 is 19.9 Å². The number of allylic oxidation sites excluding steroid dienone is 1. The Balaban J connectivity index is 2.64. The van der Waals surface area contributed by atoms with Gasteiger partial charge in [0.1, 0.15) is 11.8 Å². The van der Waals surface area contributed by atoms with Crippen LogP contribution < -0.4 is 10.5 Å². The Labute approximate surface area is 158 Å². The van der Waals surface area contributed by atoms with Crippen LogP contribution in [0.4, 0.5) is 0 Å². The van der Waals surface area contributed by atoms with E-state index in [1.807, 2.05) is 19.1 Å². The van der Waals surface area contributed by atoms with E-state index < -0.39 is 36.0 Å². The molecule has 1 aliphatic rings. The largest absolute Gasteiger partial charge is 0.462 e. The van der Waals surface area contributed by atoms with Gasteiger partial charge >= 0.3 is 11.9 Å². The Morgan fingerprint density at radius 1 is 1.15 bits per heavy atom. The van der Waals surface area contributed by atoms with E-state index in [-0.39, 0.29) is 11.5 Å². The molecule has 1 aromatic rings. The van der Waals surface area contributed by atoms with E-state index in [9.17, 15) is 14.9 Å². The summed E-state index contributed by atoms with van der Waals surface area (Å²) in [6.07, 6.45) is -0.869. The van der Waals surface area contributed by atoms with Gasteiger partial charge in [0.15, 0.2) is 5.92 Å². The monoisotopic (exact) mass is 372 g/mol. The summed E-state index contributed by atoms with van der Waals surface area (Å²) >= 11 is 0. The van der Waals surface area contributed by atoms with E-state index >= 15 is 0 Å². The van der Waals surface area contributed by atoms with Gasteiger partial charge in [-0.2, -0.15) is 5.26 Å². The van der Waals surface area contributed by atoms with Gasteiger partial charge in [-0.25, -0.2) is 0 Å². The molecular formula is C20H24N2O5. The number of hydrogen-bond acceptors (Lipinski definition) is 7. The van der Waals surface area contributed by atoms with Crippen LogP contribution >= 0.6 is 0 Å². The number of nitrogens with two attached hydrogens (primary N) is 1. The molecule has 0 bridgehead atoms. The predicted molar refractivity (Wildman–Crippen MR) is 97.3 cm³/mol. The lowest BCUT2D eigenvalue weighted by Gasteiger charge is -2.30. The lowest BCUT2D eigenvalue weighted by molar-refractivity contribution is -0.167. The Kier molecular flexibility index (Phi) is 6.11. The second-order valence-corrected chi connectivity index (χ2v) is 6.96. The number of nitriles is 1. The second kappa shape index (κ2) is 8.12. The molecule has 144 valence electrons. The van der Waals surface area contributed by atoms with Gasteiger partial charge in [-0.1, -0.05) is 17.7 Å². The molecule has 0 unspecified atom stereocenters. The zero-order valence-electron chi connectivity index (χ0n) is 16.1. The summed E-state index contributed by atoms with van der Waals surface area (Å²) in [6.45, 7) is 8.58. The van der Waals surface area contributed by atoms with Crippen molar-refractivity contribution < 1.29 is 23.8 Å². The van der Waals surface area contributed by atoms with Crippen LogP contribution in [0.3, 0.4) is 0 Å². The number of hydrogen-bond donors (Lipinski definition) is 1. The molecule has 1 aliphatic heterocycles. The fourth-order valence-electron chi connectivity index (χ4n) is 2.94. The molecular weight excluding hydrogens is 348 g/mol. The Morgan fingerprint density at radius 3 is 2.19 bits per heavy atom. The van der Waals surface area contributed by atoms with Crippen molar-refractivity contribution in [2.24, 2.45) is 11.7 Å². The SMILES string of the molecule is Cc1ccc2c(c1)[C@@H](C(C(=O)OC(C)C)C(=O)OC(C)C)C(C#N)=C(N)O2. The minimum atomic E-state index is -1.37. The van der Waals surface area contributed by atoms with Crippen molar-refractivity contribution in [1.29, 1.82) is 5.26 Å². The molecule has 0 amide bonds. The lowest BCUT2D eigenvalue weighted by Crippen LogP contribution is -2.38. The molecule has 0 saturated carbocycles. The fraction of sp³-hybridized carbons (Fsp3) is 0.450. The van der Waals surface area contributed by atoms with Gasteiger partial charge in [-0.3, -0.25) is 9.59 Å². The van der Waals surface area contributed by atoms with Gasteiger partial charge in [0, 0.05) is 5.56 Å². The van der Waals surface area contributed by atoms with Gasteiger partial charge in [0.05, 0.1) is 23.7 Å². The Bertz CT molecular complexity index is 798. The molecule has 0 fully saturated rings. The summed E-state index contributed by atoms with van der Waals surface area (Å²) in [5.74, 6) is -3.60. The van der Waals surface area contributed by atoms with Gasteiger partial charge in [0.2, 0.25) is 5.88 Å². The quantitative estimate of drug-likeness (QED) is 0.624. The number of nitrogens with zero attached hydrogens (tertiary/aromatic N) is 1. The highest BCUT2D eigenvalue weighted by Gasteiger charge is 2.45. The summed E-state index contributed by atoms with van der Waals surface area (Å²) in [5, 5.41) is 9.63. The lowest BCUT2D eigenvalue weighted by atomic mass is 9.78. The van der Waals surface area contributed by atoms with Crippen LogP contribution in [0, 0.1) is 24.2 Å². The normalized spacial score (nSPS) is 16.0. The molecule has 7 nitrogen and oxygen atoms in total. The highest BCUT2D eigenvalue weighted by molar-refractivity contribution is 5.97. The number of carbonyl (C=O) groups is 2.